The standard InChI is InChI=1S/C17H24N2O2/c20-17(21)15-11-16(18-12-15)14-5-3-13(4-6-14)7-10-19-8-1-2-9-19/h3-6,15-16,18H,1-2,7-12H2,(H,20,21). The molecule has 0 spiro atoms. The van der Waals surface area contributed by atoms with Crippen molar-refractivity contribution in [1.29, 1.82) is 0 Å². The highest BCUT2D eigenvalue weighted by Gasteiger charge is 2.29. The van der Waals surface area contributed by atoms with E-state index in [0.717, 1.165) is 13.0 Å². The highest BCUT2D eigenvalue weighted by atomic mass is 16.4. The third-order valence-corrected chi connectivity index (χ3v) is 4.78. The van der Waals surface area contributed by atoms with Crippen LogP contribution in [0.5, 0.6) is 0 Å². The number of hydrogen-bond acceptors (Lipinski definition) is 3. The average Bonchev–Trinajstić information content (AvgIpc) is 3.17. The SMILES string of the molecule is O=C(O)C1CNC(c2ccc(CCN3CCCC3)cc2)C1. The van der Waals surface area contributed by atoms with Crippen LogP contribution in [0, 0.1) is 5.92 Å². The van der Waals surface area contributed by atoms with Crippen LogP contribution in [-0.4, -0.2) is 42.2 Å². The fraction of sp³-hybridized carbons (Fsp3) is 0.588. The zero-order valence-electron chi connectivity index (χ0n) is 12.4. The van der Waals surface area contributed by atoms with E-state index in [0.29, 0.717) is 13.0 Å². The second-order valence-electron chi connectivity index (χ2n) is 6.27. The minimum atomic E-state index is -0.688. The van der Waals surface area contributed by atoms with Gasteiger partial charge in [0.15, 0.2) is 0 Å². The van der Waals surface area contributed by atoms with Crippen molar-refractivity contribution < 1.29 is 9.90 Å². The van der Waals surface area contributed by atoms with Gasteiger partial charge >= 0.3 is 5.97 Å². The zero-order valence-corrected chi connectivity index (χ0v) is 12.4. The first-order chi connectivity index (χ1) is 10.2. The first-order valence-corrected chi connectivity index (χ1v) is 8.00. The number of rotatable bonds is 5. The molecule has 2 unspecified atom stereocenters. The van der Waals surface area contributed by atoms with E-state index in [2.05, 4.69) is 34.5 Å². The number of likely N-dealkylation sites (tertiary alicyclic amines) is 1. The van der Waals surface area contributed by atoms with Crippen LogP contribution in [0.1, 0.15) is 36.4 Å². The van der Waals surface area contributed by atoms with Gasteiger partial charge in [0.1, 0.15) is 0 Å². The van der Waals surface area contributed by atoms with Gasteiger partial charge in [-0.1, -0.05) is 24.3 Å². The fourth-order valence-corrected chi connectivity index (χ4v) is 3.39. The lowest BCUT2D eigenvalue weighted by Crippen LogP contribution is -2.21. The Morgan fingerprint density at radius 3 is 2.57 bits per heavy atom. The highest BCUT2D eigenvalue weighted by molar-refractivity contribution is 5.70. The van der Waals surface area contributed by atoms with E-state index in [1.54, 1.807) is 0 Å². The molecule has 2 aliphatic heterocycles. The molecule has 0 aromatic heterocycles. The molecule has 114 valence electrons. The molecule has 2 heterocycles. The summed E-state index contributed by atoms with van der Waals surface area (Å²) in [6.07, 6.45) is 4.49. The molecule has 0 radical (unpaired) electrons. The Hall–Kier alpha value is -1.39. The van der Waals surface area contributed by atoms with E-state index in [-0.39, 0.29) is 12.0 Å². The highest BCUT2D eigenvalue weighted by Crippen LogP contribution is 2.27. The molecule has 0 saturated carbocycles. The van der Waals surface area contributed by atoms with Crippen molar-refractivity contribution >= 4 is 5.97 Å². The molecule has 2 N–H and O–H groups in total. The van der Waals surface area contributed by atoms with Crippen LogP contribution in [0.25, 0.3) is 0 Å². The van der Waals surface area contributed by atoms with Crippen LogP contribution < -0.4 is 5.32 Å². The minimum absolute atomic E-state index is 0.193. The molecular formula is C17H24N2O2. The summed E-state index contributed by atoms with van der Waals surface area (Å²) < 4.78 is 0. The van der Waals surface area contributed by atoms with Crippen molar-refractivity contribution in [2.45, 2.75) is 31.7 Å². The molecule has 2 fully saturated rings. The Bertz CT molecular complexity index is 480. The van der Waals surface area contributed by atoms with Crippen LogP contribution in [0.2, 0.25) is 0 Å². The second-order valence-corrected chi connectivity index (χ2v) is 6.27. The van der Waals surface area contributed by atoms with Crippen molar-refractivity contribution in [1.82, 2.24) is 10.2 Å². The summed E-state index contributed by atoms with van der Waals surface area (Å²) in [5.41, 5.74) is 2.59. The summed E-state index contributed by atoms with van der Waals surface area (Å²) in [5, 5.41) is 12.4. The fourth-order valence-electron chi connectivity index (χ4n) is 3.39. The molecule has 2 aliphatic rings. The number of nitrogens with zero attached hydrogens (tertiary/aromatic N) is 1. The van der Waals surface area contributed by atoms with Crippen molar-refractivity contribution in [3.8, 4) is 0 Å². The van der Waals surface area contributed by atoms with Gasteiger partial charge in [-0.15, -0.1) is 0 Å². The summed E-state index contributed by atoms with van der Waals surface area (Å²) in [6.45, 7) is 4.24. The minimum Gasteiger partial charge on any atom is -0.481 e. The first kappa shape index (κ1) is 14.5. The molecule has 0 aliphatic carbocycles. The maximum atomic E-state index is 11.0. The number of carboxylic acid groups (broad SMARTS) is 1. The van der Waals surface area contributed by atoms with Gasteiger partial charge in [-0.05, 0) is 49.9 Å². The molecule has 4 nitrogen and oxygen atoms in total. The van der Waals surface area contributed by atoms with Crippen molar-refractivity contribution in [2.75, 3.05) is 26.2 Å². The topological polar surface area (TPSA) is 52.6 Å². The first-order valence-electron chi connectivity index (χ1n) is 8.00. The zero-order chi connectivity index (χ0) is 14.7. The van der Waals surface area contributed by atoms with Gasteiger partial charge in [0.05, 0.1) is 5.92 Å². The molecule has 1 aromatic rings. The molecule has 1 aromatic carbocycles. The number of carbonyl (C=O) groups is 1. The predicted molar refractivity (Wildman–Crippen MR) is 82.3 cm³/mol. The Kier molecular flexibility index (Phi) is 4.56. The van der Waals surface area contributed by atoms with Gasteiger partial charge < -0.3 is 15.3 Å². The Morgan fingerprint density at radius 2 is 1.95 bits per heavy atom. The van der Waals surface area contributed by atoms with Crippen molar-refractivity contribution in [2.24, 2.45) is 5.92 Å². The van der Waals surface area contributed by atoms with Gasteiger partial charge in [0.2, 0.25) is 0 Å². The quantitative estimate of drug-likeness (QED) is 0.871. The molecule has 2 saturated heterocycles. The van der Waals surface area contributed by atoms with Crippen LogP contribution in [-0.2, 0) is 11.2 Å². The van der Waals surface area contributed by atoms with Crippen LogP contribution in [0.3, 0.4) is 0 Å². The summed E-state index contributed by atoms with van der Waals surface area (Å²) >= 11 is 0. The maximum Gasteiger partial charge on any atom is 0.307 e. The number of carboxylic acids is 1. The number of hydrogen-bond donors (Lipinski definition) is 2. The molecule has 4 heteroatoms. The van der Waals surface area contributed by atoms with Gasteiger partial charge in [0.25, 0.3) is 0 Å². The Labute approximate surface area is 126 Å². The lowest BCUT2D eigenvalue weighted by molar-refractivity contribution is -0.141. The van der Waals surface area contributed by atoms with Gasteiger partial charge in [-0.3, -0.25) is 4.79 Å². The van der Waals surface area contributed by atoms with E-state index in [4.69, 9.17) is 5.11 Å². The van der Waals surface area contributed by atoms with Gasteiger partial charge in [0, 0.05) is 19.1 Å². The molecule has 0 bridgehead atoms. The molecule has 0 amide bonds. The molecule has 3 rings (SSSR count). The van der Waals surface area contributed by atoms with Gasteiger partial charge in [-0.2, -0.15) is 0 Å². The van der Waals surface area contributed by atoms with E-state index in [1.807, 2.05) is 0 Å². The maximum absolute atomic E-state index is 11.0. The summed E-state index contributed by atoms with van der Waals surface area (Å²) in [7, 11) is 0. The molecule has 2 atom stereocenters. The number of benzene rings is 1. The summed E-state index contributed by atoms with van der Waals surface area (Å²) in [4.78, 5) is 13.5. The third-order valence-electron chi connectivity index (χ3n) is 4.78. The van der Waals surface area contributed by atoms with Crippen molar-refractivity contribution in [3.05, 3.63) is 35.4 Å². The number of aliphatic carboxylic acids is 1. The lowest BCUT2D eigenvalue weighted by Gasteiger charge is -2.15. The lowest BCUT2D eigenvalue weighted by atomic mass is 9.98. The van der Waals surface area contributed by atoms with Crippen LogP contribution in [0.15, 0.2) is 24.3 Å². The third kappa shape index (κ3) is 3.63. The Morgan fingerprint density at radius 1 is 1.24 bits per heavy atom. The molecule has 21 heavy (non-hydrogen) atoms. The van der Waals surface area contributed by atoms with Crippen LogP contribution >= 0.6 is 0 Å². The Balaban J connectivity index is 1.53. The normalized spacial score (nSPS) is 26.3. The monoisotopic (exact) mass is 288 g/mol. The second kappa shape index (κ2) is 6.58. The molecular weight excluding hydrogens is 264 g/mol. The van der Waals surface area contributed by atoms with E-state index < -0.39 is 5.97 Å². The van der Waals surface area contributed by atoms with E-state index in [9.17, 15) is 4.79 Å². The van der Waals surface area contributed by atoms with Crippen molar-refractivity contribution in [3.63, 3.8) is 0 Å². The predicted octanol–water partition coefficient (Wildman–Crippen LogP) is 2.06. The smallest absolute Gasteiger partial charge is 0.307 e. The summed E-state index contributed by atoms with van der Waals surface area (Å²) in [6, 6.07) is 8.89. The van der Waals surface area contributed by atoms with Crippen LogP contribution in [0.4, 0.5) is 0 Å². The average molecular weight is 288 g/mol. The van der Waals surface area contributed by atoms with E-state index in [1.165, 1.54) is 37.1 Å². The summed E-state index contributed by atoms with van der Waals surface area (Å²) in [5.74, 6) is -0.933. The largest absolute Gasteiger partial charge is 0.481 e. The number of nitrogens with one attached hydrogen (secondary N) is 1. The van der Waals surface area contributed by atoms with Gasteiger partial charge in [-0.25, -0.2) is 0 Å². The van der Waals surface area contributed by atoms with E-state index >= 15 is 0 Å².